The molecule has 1 aromatic heterocycles. The van der Waals surface area contributed by atoms with E-state index in [9.17, 15) is 14.0 Å². The van der Waals surface area contributed by atoms with E-state index in [0.717, 1.165) is 11.8 Å². The van der Waals surface area contributed by atoms with E-state index in [2.05, 4.69) is 22.1 Å². The Labute approximate surface area is 138 Å². The normalized spacial score (nSPS) is 9.54. The molecular weight excluding hydrogens is 311 g/mol. The van der Waals surface area contributed by atoms with Crippen LogP contribution in [-0.4, -0.2) is 23.9 Å². The topological polar surface area (TPSA) is 68.3 Å². The van der Waals surface area contributed by atoms with Crippen LogP contribution in [-0.2, 0) is 11.3 Å². The molecule has 0 atom stereocenters. The number of halogens is 1. The first kappa shape index (κ1) is 17.2. The first-order valence-corrected chi connectivity index (χ1v) is 7.23. The van der Waals surface area contributed by atoms with E-state index >= 15 is 0 Å². The summed E-state index contributed by atoms with van der Waals surface area (Å²) in [6.07, 6.45) is 1.21. The van der Waals surface area contributed by atoms with Crippen LogP contribution in [0.5, 0.6) is 0 Å². The standard InChI is InChI=1S/C18H15FN2O3/c19-17-11-21-16(10-15(17)12-22)8-4-5-9-20-18(23)24-13-14-6-2-1-3-7-14/h1-3,6-7,10-12H,5,9,13H2,(H,20,23). The van der Waals surface area contributed by atoms with Crippen LogP contribution in [0.1, 0.15) is 28.0 Å². The highest BCUT2D eigenvalue weighted by molar-refractivity contribution is 5.75. The molecule has 24 heavy (non-hydrogen) atoms. The largest absolute Gasteiger partial charge is 0.445 e. The number of rotatable bonds is 5. The van der Waals surface area contributed by atoms with Crippen LogP contribution < -0.4 is 5.32 Å². The fraction of sp³-hybridized carbons (Fsp3) is 0.167. The lowest BCUT2D eigenvalue weighted by Gasteiger charge is -2.05. The van der Waals surface area contributed by atoms with Gasteiger partial charge in [-0.3, -0.25) is 4.79 Å². The SMILES string of the molecule is O=Cc1cc(C#CCCNC(=O)OCc2ccccc2)ncc1F. The summed E-state index contributed by atoms with van der Waals surface area (Å²) in [4.78, 5) is 25.9. The van der Waals surface area contributed by atoms with Gasteiger partial charge in [0.05, 0.1) is 11.8 Å². The van der Waals surface area contributed by atoms with Crippen molar-refractivity contribution in [3.05, 3.63) is 65.2 Å². The molecular formula is C18H15FN2O3. The molecule has 6 heteroatoms. The fourth-order valence-electron chi connectivity index (χ4n) is 1.77. The van der Waals surface area contributed by atoms with Crippen molar-refractivity contribution in [1.29, 1.82) is 0 Å². The van der Waals surface area contributed by atoms with Crippen molar-refractivity contribution < 1.29 is 18.7 Å². The Balaban J connectivity index is 1.71. The van der Waals surface area contributed by atoms with Crippen LogP contribution in [0.15, 0.2) is 42.6 Å². The van der Waals surface area contributed by atoms with Gasteiger partial charge in [0, 0.05) is 13.0 Å². The molecule has 0 saturated heterocycles. The number of carbonyl (C=O) groups is 2. The average Bonchev–Trinajstić information content (AvgIpc) is 2.62. The van der Waals surface area contributed by atoms with Crippen LogP contribution in [0.3, 0.4) is 0 Å². The third-order valence-corrected chi connectivity index (χ3v) is 2.96. The molecule has 5 nitrogen and oxygen atoms in total. The van der Waals surface area contributed by atoms with Gasteiger partial charge in [0.15, 0.2) is 12.1 Å². The van der Waals surface area contributed by atoms with E-state index in [1.807, 2.05) is 30.3 Å². The maximum atomic E-state index is 13.1. The second kappa shape index (κ2) is 9.06. The van der Waals surface area contributed by atoms with Gasteiger partial charge in [-0.2, -0.15) is 0 Å². The number of amides is 1. The summed E-state index contributed by atoms with van der Waals surface area (Å²) in [5, 5.41) is 2.57. The minimum Gasteiger partial charge on any atom is -0.445 e. The van der Waals surface area contributed by atoms with Gasteiger partial charge < -0.3 is 10.1 Å². The summed E-state index contributed by atoms with van der Waals surface area (Å²) in [6, 6.07) is 10.6. The van der Waals surface area contributed by atoms with Crippen LogP contribution in [0, 0.1) is 17.7 Å². The molecule has 1 N–H and O–H groups in total. The van der Waals surface area contributed by atoms with Gasteiger partial charge in [0.2, 0.25) is 0 Å². The molecule has 0 radical (unpaired) electrons. The third kappa shape index (κ3) is 5.54. The zero-order valence-electron chi connectivity index (χ0n) is 12.8. The van der Waals surface area contributed by atoms with E-state index in [1.165, 1.54) is 6.07 Å². The summed E-state index contributed by atoms with van der Waals surface area (Å²) in [5.74, 6) is 4.80. The molecule has 1 aromatic carbocycles. The van der Waals surface area contributed by atoms with Crippen LogP contribution in [0.2, 0.25) is 0 Å². The second-order valence-corrected chi connectivity index (χ2v) is 4.75. The molecule has 0 unspecified atom stereocenters. The monoisotopic (exact) mass is 326 g/mol. The summed E-state index contributed by atoms with van der Waals surface area (Å²) in [6.45, 7) is 0.509. The number of carbonyl (C=O) groups excluding carboxylic acids is 2. The fourth-order valence-corrected chi connectivity index (χ4v) is 1.77. The van der Waals surface area contributed by atoms with E-state index < -0.39 is 11.9 Å². The van der Waals surface area contributed by atoms with Crippen molar-refractivity contribution in [3.63, 3.8) is 0 Å². The van der Waals surface area contributed by atoms with Gasteiger partial charge in [-0.25, -0.2) is 14.2 Å². The van der Waals surface area contributed by atoms with Crippen molar-refractivity contribution >= 4 is 12.4 Å². The summed E-state index contributed by atoms with van der Waals surface area (Å²) < 4.78 is 18.1. The molecule has 2 aromatic rings. The number of hydrogen-bond donors (Lipinski definition) is 1. The van der Waals surface area contributed by atoms with Crippen LogP contribution >= 0.6 is 0 Å². The summed E-state index contributed by atoms with van der Waals surface area (Å²) >= 11 is 0. The molecule has 2 rings (SSSR count). The number of alkyl carbamates (subject to hydrolysis) is 1. The minimum atomic E-state index is -0.682. The summed E-state index contributed by atoms with van der Waals surface area (Å²) in [5.41, 5.74) is 1.11. The van der Waals surface area contributed by atoms with Crippen molar-refractivity contribution in [2.45, 2.75) is 13.0 Å². The lowest BCUT2D eigenvalue weighted by molar-refractivity contribution is 0.111. The third-order valence-electron chi connectivity index (χ3n) is 2.96. The zero-order valence-corrected chi connectivity index (χ0v) is 12.8. The maximum Gasteiger partial charge on any atom is 0.407 e. The van der Waals surface area contributed by atoms with Crippen LogP contribution in [0.4, 0.5) is 9.18 Å². The van der Waals surface area contributed by atoms with Crippen molar-refractivity contribution in [2.24, 2.45) is 0 Å². The number of nitrogens with one attached hydrogen (secondary N) is 1. The van der Waals surface area contributed by atoms with Crippen molar-refractivity contribution in [3.8, 4) is 11.8 Å². The molecule has 1 amide bonds. The predicted molar refractivity (Wildman–Crippen MR) is 85.7 cm³/mol. The van der Waals surface area contributed by atoms with Gasteiger partial charge in [-0.1, -0.05) is 36.3 Å². The predicted octanol–water partition coefficient (Wildman–Crippen LogP) is 2.70. The Bertz CT molecular complexity index is 767. The van der Waals surface area contributed by atoms with Crippen molar-refractivity contribution in [1.82, 2.24) is 10.3 Å². The van der Waals surface area contributed by atoms with E-state index in [1.54, 1.807) is 0 Å². The van der Waals surface area contributed by atoms with Gasteiger partial charge in [0.1, 0.15) is 12.3 Å². The number of aromatic nitrogens is 1. The Kier molecular flexibility index (Phi) is 6.47. The van der Waals surface area contributed by atoms with Crippen LogP contribution in [0.25, 0.3) is 0 Å². The molecule has 0 aliphatic rings. The van der Waals surface area contributed by atoms with Crippen molar-refractivity contribution in [2.75, 3.05) is 6.54 Å². The van der Waals surface area contributed by atoms with E-state index in [0.29, 0.717) is 24.9 Å². The number of pyridine rings is 1. The lowest BCUT2D eigenvalue weighted by Crippen LogP contribution is -2.24. The maximum absolute atomic E-state index is 13.1. The highest BCUT2D eigenvalue weighted by Crippen LogP contribution is 2.04. The van der Waals surface area contributed by atoms with Gasteiger partial charge >= 0.3 is 6.09 Å². The highest BCUT2D eigenvalue weighted by Gasteiger charge is 2.02. The molecule has 0 saturated carbocycles. The molecule has 122 valence electrons. The number of benzene rings is 1. The second-order valence-electron chi connectivity index (χ2n) is 4.75. The first-order valence-electron chi connectivity index (χ1n) is 7.23. The van der Waals surface area contributed by atoms with E-state index in [-0.39, 0.29) is 12.2 Å². The Morgan fingerprint density at radius 2 is 2.12 bits per heavy atom. The average molecular weight is 326 g/mol. The molecule has 0 fully saturated rings. The number of ether oxygens (including phenoxy) is 1. The highest BCUT2D eigenvalue weighted by atomic mass is 19.1. The molecule has 0 aliphatic carbocycles. The molecule has 0 bridgehead atoms. The molecule has 1 heterocycles. The first-order chi connectivity index (χ1) is 11.7. The smallest absolute Gasteiger partial charge is 0.407 e. The van der Waals surface area contributed by atoms with Gasteiger partial charge in [-0.05, 0) is 17.6 Å². The quantitative estimate of drug-likeness (QED) is 0.521. The Hall–Kier alpha value is -3.20. The van der Waals surface area contributed by atoms with Gasteiger partial charge in [0.25, 0.3) is 0 Å². The number of nitrogens with zero attached hydrogens (tertiary/aromatic N) is 1. The Morgan fingerprint density at radius 3 is 2.88 bits per heavy atom. The summed E-state index contributed by atoms with van der Waals surface area (Å²) in [7, 11) is 0. The number of aldehydes is 1. The zero-order chi connectivity index (χ0) is 17.2. The minimum absolute atomic E-state index is 0.0862. The number of hydrogen-bond acceptors (Lipinski definition) is 4. The molecule has 0 aliphatic heterocycles. The van der Waals surface area contributed by atoms with Gasteiger partial charge in [-0.15, -0.1) is 0 Å². The Morgan fingerprint density at radius 1 is 1.33 bits per heavy atom. The molecule has 0 spiro atoms. The lowest BCUT2D eigenvalue weighted by atomic mass is 10.2. The van der Waals surface area contributed by atoms with E-state index in [4.69, 9.17) is 4.74 Å².